The fourth-order valence-electron chi connectivity index (χ4n) is 6.22. The van der Waals surface area contributed by atoms with Gasteiger partial charge < -0.3 is 14.7 Å². The average Bonchev–Trinajstić information content (AvgIpc) is 3.40. The summed E-state index contributed by atoms with van der Waals surface area (Å²) in [6.45, 7) is -3.05. The predicted octanol–water partition coefficient (Wildman–Crippen LogP) is 4.67. The van der Waals surface area contributed by atoms with Gasteiger partial charge in [0, 0.05) is 66.7 Å². The minimum absolute atomic E-state index is 0.0400. The fraction of sp³-hybridized carbons (Fsp3) is 0.333. The van der Waals surface area contributed by atoms with Crippen molar-refractivity contribution in [2.24, 2.45) is 0 Å². The van der Waals surface area contributed by atoms with Gasteiger partial charge in [-0.05, 0) is 36.2 Å². The normalized spacial score (nSPS) is 22.4. The number of aliphatic hydroxyl groups is 1. The number of halogens is 4. The van der Waals surface area contributed by atoms with Crippen LogP contribution in [0, 0.1) is 0 Å². The molecule has 0 unspecified atom stereocenters. The Morgan fingerprint density at radius 2 is 1.85 bits per heavy atom. The van der Waals surface area contributed by atoms with Crippen LogP contribution in [-0.2, 0) is 5.60 Å². The van der Waals surface area contributed by atoms with Crippen LogP contribution in [0.15, 0.2) is 48.9 Å². The molecule has 2 atom stereocenters. The Morgan fingerprint density at radius 3 is 2.54 bits per heavy atom. The third-order valence-corrected chi connectivity index (χ3v) is 7.98. The van der Waals surface area contributed by atoms with Gasteiger partial charge in [-0.2, -0.15) is 13.9 Å². The van der Waals surface area contributed by atoms with Crippen molar-refractivity contribution in [2.75, 3.05) is 7.05 Å². The second-order valence-corrected chi connectivity index (χ2v) is 10.4. The topological polar surface area (TPSA) is 92.9 Å². The molecule has 2 bridgehead atoms. The van der Waals surface area contributed by atoms with Crippen LogP contribution >= 0.6 is 0 Å². The van der Waals surface area contributed by atoms with Gasteiger partial charge in [0.1, 0.15) is 11.4 Å². The third kappa shape index (κ3) is 3.54. The van der Waals surface area contributed by atoms with E-state index in [0.717, 1.165) is 11.1 Å². The standard InChI is InChI=1S/C27H21F4N5O3/c1-35-18-8-16(20-15(23(35)37)3-2-4-19(20)39-25(28)29)21-17-7-13(5-6-36(17)34-22(18)21)14-9-32-24(33-10-14)26(38)11-27(30,31)12-26/h2-7,9-10,16,18,25,38H,8,11-12H2,1H3/t16-,18-/m1/s1. The lowest BCUT2D eigenvalue weighted by Crippen LogP contribution is -2.50. The molecule has 0 spiro atoms. The first-order valence-corrected chi connectivity index (χ1v) is 12.3. The van der Waals surface area contributed by atoms with Crippen LogP contribution in [-0.4, -0.2) is 55.1 Å². The van der Waals surface area contributed by atoms with Crippen molar-refractivity contribution in [1.29, 1.82) is 0 Å². The summed E-state index contributed by atoms with van der Waals surface area (Å²) in [7, 11) is 1.68. The van der Waals surface area contributed by atoms with E-state index < -0.39 is 36.9 Å². The van der Waals surface area contributed by atoms with E-state index in [1.807, 2.05) is 6.07 Å². The number of hydrogen-bond acceptors (Lipinski definition) is 6. The van der Waals surface area contributed by atoms with E-state index in [2.05, 4.69) is 9.97 Å². The molecule has 200 valence electrons. The Kier molecular flexibility index (Phi) is 4.91. The summed E-state index contributed by atoms with van der Waals surface area (Å²) in [6, 6.07) is 7.90. The Labute approximate surface area is 218 Å². The SMILES string of the molecule is CN1C(=O)c2cccc(OC(F)F)c2[C@H]2C[C@@H]1c1nn3ccc(-c4cnc(C5(O)CC(F)(F)C5)nc4)cc3c12. The van der Waals surface area contributed by atoms with Gasteiger partial charge >= 0.3 is 6.61 Å². The fourth-order valence-corrected chi connectivity index (χ4v) is 6.22. The number of alkyl halides is 4. The summed E-state index contributed by atoms with van der Waals surface area (Å²) < 4.78 is 59.8. The van der Waals surface area contributed by atoms with Gasteiger partial charge in [0.2, 0.25) is 0 Å². The van der Waals surface area contributed by atoms with Crippen LogP contribution in [0.2, 0.25) is 0 Å². The number of fused-ring (bicyclic) bond motifs is 9. The number of benzene rings is 1. The molecule has 1 aliphatic heterocycles. The molecule has 7 rings (SSSR count). The molecule has 1 amide bonds. The van der Waals surface area contributed by atoms with Gasteiger partial charge in [0.15, 0.2) is 5.82 Å². The average molecular weight is 539 g/mol. The van der Waals surface area contributed by atoms with E-state index in [4.69, 9.17) is 9.84 Å². The molecule has 8 nitrogen and oxygen atoms in total. The predicted molar refractivity (Wildman–Crippen MR) is 129 cm³/mol. The van der Waals surface area contributed by atoms with Crippen LogP contribution in [0.3, 0.4) is 0 Å². The number of carbonyl (C=O) groups is 1. The van der Waals surface area contributed by atoms with Crippen LogP contribution in [0.25, 0.3) is 16.6 Å². The summed E-state index contributed by atoms with van der Waals surface area (Å²) in [6.07, 6.45) is 3.72. The summed E-state index contributed by atoms with van der Waals surface area (Å²) in [5.41, 5.74) is 2.51. The Hall–Kier alpha value is -4.06. The molecule has 2 aliphatic carbocycles. The van der Waals surface area contributed by atoms with Crippen molar-refractivity contribution in [3.8, 4) is 16.9 Å². The molecule has 3 aromatic heterocycles. The van der Waals surface area contributed by atoms with Crippen molar-refractivity contribution >= 4 is 11.4 Å². The van der Waals surface area contributed by atoms with Crippen molar-refractivity contribution < 1.29 is 32.2 Å². The number of rotatable bonds is 4. The molecule has 3 aliphatic rings. The van der Waals surface area contributed by atoms with Crippen LogP contribution < -0.4 is 4.74 Å². The molecule has 1 N–H and O–H groups in total. The molecule has 1 saturated carbocycles. The highest BCUT2D eigenvalue weighted by atomic mass is 19.3. The zero-order valence-electron chi connectivity index (χ0n) is 20.5. The van der Waals surface area contributed by atoms with E-state index in [1.54, 1.807) is 34.8 Å². The van der Waals surface area contributed by atoms with E-state index in [9.17, 15) is 27.5 Å². The minimum atomic E-state index is -3.05. The Balaban J connectivity index is 1.33. The molecule has 0 saturated heterocycles. The molecular weight excluding hydrogens is 518 g/mol. The highest BCUT2D eigenvalue weighted by molar-refractivity contribution is 5.98. The molecule has 1 fully saturated rings. The molecular formula is C27H21F4N5O3. The lowest BCUT2D eigenvalue weighted by molar-refractivity contribution is -0.214. The van der Waals surface area contributed by atoms with Gasteiger partial charge in [-0.3, -0.25) is 4.79 Å². The van der Waals surface area contributed by atoms with Crippen molar-refractivity contribution in [3.05, 3.63) is 77.1 Å². The van der Waals surface area contributed by atoms with Gasteiger partial charge in [-0.15, -0.1) is 0 Å². The first-order chi connectivity index (χ1) is 18.5. The lowest BCUT2D eigenvalue weighted by atomic mass is 9.76. The van der Waals surface area contributed by atoms with Crippen molar-refractivity contribution in [1.82, 2.24) is 24.5 Å². The van der Waals surface area contributed by atoms with Crippen molar-refractivity contribution in [3.63, 3.8) is 0 Å². The van der Waals surface area contributed by atoms with Crippen LogP contribution in [0.4, 0.5) is 17.6 Å². The zero-order chi connectivity index (χ0) is 27.3. The summed E-state index contributed by atoms with van der Waals surface area (Å²) in [5, 5.41) is 15.1. The number of hydrogen-bond donors (Lipinski definition) is 1. The number of ether oxygens (including phenoxy) is 1. The van der Waals surface area contributed by atoms with Gasteiger partial charge in [-0.25, -0.2) is 23.3 Å². The highest BCUT2D eigenvalue weighted by Gasteiger charge is 2.58. The van der Waals surface area contributed by atoms with Gasteiger partial charge in [0.25, 0.3) is 11.8 Å². The van der Waals surface area contributed by atoms with Crippen LogP contribution in [0.5, 0.6) is 5.75 Å². The number of nitrogens with zero attached hydrogens (tertiary/aromatic N) is 5. The first kappa shape index (κ1) is 24.0. The maximum Gasteiger partial charge on any atom is 0.387 e. The zero-order valence-corrected chi connectivity index (χ0v) is 20.5. The summed E-state index contributed by atoms with van der Waals surface area (Å²) >= 11 is 0. The molecule has 4 heterocycles. The molecule has 39 heavy (non-hydrogen) atoms. The molecule has 4 aromatic rings. The van der Waals surface area contributed by atoms with Gasteiger partial charge in [0.05, 0.1) is 17.3 Å². The maximum atomic E-state index is 13.3. The molecule has 12 heteroatoms. The number of amides is 1. The van der Waals surface area contributed by atoms with Crippen molar-refractivity contribution in [2.45, 2.75) is 49.4 Å². The quantitative estimate of drug-likeness (QED) is 0.379. The van der Waals surface area contributed by atoms with E-state index in [-0.39, 0.29) is 23.5 Å². The van der Waals surface area contributed by atoms with Gasteiger partial charge in [-0.1, -0.05) is 6.07 Å². The highest BCUT2D eigenvalue weighted by Crippen LogP contribution is 2.54. The minimum Gasteiger partial charge on any atom is -0.434 e. The number of pyridine rings is 1. The van der Waals surface area contributed by atoms with E-state index in [0.29, 0.717) is 34.4 Å². The molecule has 0 radical (unpaired) electrons. The monoisotopic (exact) mass is 539 g/mol. The number of aromatic nitrogens is 4. The first-order valence-electron chi connectivity index (χ1n) is 12.3. The summed E-state index contributed by atoms with van der Waals surface area (Å²) in [5.74, 6) is -3.72. The summed E-state index contributed by atoms with van der Waals surface area (Å²) in [4.78, 5) is 23.2. The smallest absolute Gasteiger partial charge is 0.387 e. The van der Waals surface area contributed by atoms with E-state index in [1.165, 1.54) is 24.5 Å². The van der Waals surface area contributed by atoms with Crippen LogP contribution in [0.1, 0.15) is 64.2 Å². The Morgan fingerprint density at radius 1 is 1.10 bits per heavy atom. The maximum absolute atomic E-state index is 13.3. The number of carbonyl (C=O) groups excluding carboxylic acids is 1. The second kappa shape index (κ2) is 7.98. The van der Waals surface area contributed by atoms with E-state index >= 15 is 0 Å². The molecule has 1 aromatic carbocycles. The largest absolute Gasteiger partial charge is 0.434 e. The third-order valence-electron chi connectivity index (χ3n) is 7.98. The Bertz CT molecular complexity index is 1650. The second-order valence-electron chi connectivity index (χ2n) is 10.4. The lowest BCUT2D eigenvalue weighted by Gasteiger charge is -2.41.